The first kappa shape index (κ1) is 23.1. The maximum atomic E-state index is 13.2. The van der Waals surface area contributed by atoms with Gasteiger partial charge in [0.1, 0.15) is 5.82 Å². The fourth-order valence-electron chi connectivity index (χ4n) is 5.18. The van der Waals surface area contributed by atoms with Gasteiger partial charge in [0.15, 0.2) is 5.58 Å². The van der Waals surface area contributed by atoms with Crippen LogP contribution >= 0.6 is 11.8 Å². The predicted octanol–water partition coefficient (Wildman–Crippen LogP) is 6.57. The second-order valence-electron chi connectivity index (χ2n) is 8.81. The van der Waals surface area contributed by atoms with E-state index in [1.54, 1.807) is 12.1 Å². The molecule has 32 heavy (non-hydrogen) atoms. The normalized spacial score (nSPS) is 20.1. The fourth-order valence-corrected chi connectivity index (χ4v) is 6.25. The van der Waals surface area contributed by atoms with Crippen molar-refractivity contribution in [2.45, 2.75) is 75.3 Å². The lowest BCUT2D eigenvalue weighted by molar-refractivity contribution is 0.111. The SMILES string of the molecule is CCCC(CSc1ccc(F)cc1)N(CC)C1CCC(c2ccc3oc(=O)[nH]c3c2)CC1. The molecular formula is C26H33FN2O2S. The molecule has 0 radical (unpaired) electrons. The Labute approximate surface area is 193 Å². The van der Waals surface area contributed by atoms with E-state index in [0.717, 1.165) is 22.7 Å². The van der Waals surface area contributed by atoms with Gasteiger partial charge in [-0.15, -0.1) is 11.8 Å². The number of aromatic nitrogens is 1. The van der Waals surface area contributed by atoms with Gasteiger partial charge >= 0.3 is 5.76 Å². The molecule has 1 heterocycles. The summed E-state index contributed by atoms with van der Waals surface area (Å²) in [4.78, 5) is 18.1. The third-order valence-corrected chi connectivity index (χ3v) is 7.95. The molecule has 0 saturated heterocycles. The fraction of sp³-hybridized carbons (Fsp3) is 0.500. The van der Waals surface area contributed by atoms with Crippen molar-refractivity contribution in [3.63, 3.8) is 0 Å². The first-order chi connectivity index (χ1) is 15.6. The molecule has 6 heteroatoms. The first-order valence-electron chi connectivity index (χ1n) is 11.8. The van der Waals surface area contributed by atoms with E-state index in [-0.39, 0.29) is 11.6 Å². The highest BCUT2D eigenvalue weighted by atomic mass is 32.2. The summed E-state index contributed by atoms with van der Waals surface area (Å²) in [5, 5.41) is 0. The lowest BCUT2D eigenvalue weighted by Gasteiger charge is -2.41. The van der Waals surface area contributed by atoms with Gasteiger partial charge in [-0.1, -0.05) is 26.3 Å². The Bertz CT molecular complexity index is 1050. The number of H-pyrrole nitrogens is 1. The second-order valence-corrected chi connectivity index (χ2v) is 9.91. The molecule has 1 aliphatic rings. The Balaban J connectivity index is 1.38. The summed E-state index contributed by atoms with van der Waals surface area (Å²) >= 11 is 1.84. The monoisotopic (exact) mass is 456 g/mol. The molecule has 1 atom stereocenters. The van der Waals surface area contributed by atoms with E-state index in [1.807, 2.05) is 30.0 Å². The number of oxazole rings is 1. The molecule has 4 rings (SSSR count). The van der Waals surface area contributed by atoms with Crippen molar-refractivity contribution in [3.8, 4) is 0 Å². The van der Waals surface area contributed by atoms with Crippen LogP contribution in [0.3, 0.4) is 0 Å². The minimum Gasteiger partial charge on any atom is -0.408 e. The van der Waals surface area contributed by atoms with Crippen LogP contribution in [0.25, 0.3) is 11.1 Å². The summed E-state index contributed by atoms with van der Waals surface area (Å²) < 4.78 is 18.4. The van der Waals surface area contributed by atoms with E-state index in [9.17, 15) is 9.18 Å². The zero-order chi connectivity index (χ0) is 22.5. The van der Waals surface area contributed by atoms with Gasteiger partial charge in [0.2, 0.25) is 0 Å². The van der Waals surface area contributed by atoms with Gasteiger partial charge in [0.05, 0.1) is 5.52 Å². The van der Waals surface area contributed by atoms with Crippen LogP contribution in [-0.2, 0) is 0 Å². The van der Waals surface area contributed by atoms with Gasteiger partial charge in [-0.25, -0.2) is 9.18 Å². The molecule has 1 aliphatic carbocycles. The highest BCUT2D eigenvalue weighted by Gasteiger charge is 2.30. The molecule has 172 valence electrons. The van der Waals surface area contributed by atoms with Gasteiger partial charge in [-0.2, -0.15) is 0 Å². The highest BCUT2D eigenvalue weighted by molar-refractivity contribution is 7.99. The molecule has 4 nitrogen and oxygen atoms in total. The Morgan fingerprint density at radius 1 is 1.12 bits per heavy atom. The molecule has 1 N–H and O–H groups in total. The van der Waals surface area contributed by atoms with Crippen molar-refractivity contribution in [3.05, 3.63) is 64.4 Å². The number of aromatic amines is 1. The number of halogens is 1. The number of hydrogen-bond donors (Lipinski definition) is 1. The molecule has 1 aromatic heterocycles. The van der Waals surface area contributed by atoms with Gasteiger partial charge in [0.25, 0.3) is 0 Å². The molecule has 0 aliphatic heterocycles. The van der Waals surface area contributed by atoms with Crippen LogP contribution in [0.15, 0.2) is 56.6 Å². The maximum absolute atomic E-state index is 13.2. The standard InChI is InChI=1S/C26H33FN2O2S/c1-3-5-22(17-32-23-13-9-20(27)10-14-23)29(4-2)21-11-6-18(7-12-21)19-8-15-25-24(16-19)28-26(30)31-25/h8-10,13-16,18,21-22H,3-7,11-12,17H2,1-2H3,(H,28,30). The van der Waals surface area contributed by atoms with Crippen molar-refractivity contribution in [1.82, 2.24) is 9.88 Å². The predicted molar refractivity (Wildman–Crippen MR) is 130 cm³/mol. The number of thioether (sulfide) groups is 1. The second kappa shape index (κ2) is 10.7. The molecule has 1 unspecified atom stereocenters. The maximum Gasteiger partial charge on any atom is 0.417 e. The molecule has 0 amide bonds. The Morgan fingerprint density at radius 3 is 2.56 bits per heavy atom. The van der Waals surface area contributed by atoms with Crippen LogP contribution in [0, 0.1) is 5.82 Å². The van der Waals surface area contributed by atoms with E-state index >= 15 is 0 Å². The average Bonchev–Trinajstić information content (AvgIpc) is 3.18. The lowest BCUT2D eigenvalue weighted by Crippen LogP contribution is -2.45. The van der Waals surface area contributed by atoms with Crippen molar-refractivity contribution >= 4 is 22.9 Å². The van der Waals surface area contributed by atoms with E-state index in [0.29, 0.717) is 23.6 Å². The number of nitrogens with one attached hydrogen (secondary N) is 1. The van der Waals surface area contributed by atoms with Crippen LogP contribution in [0.5, 0.6) is 0 Å². The van der Waals surface area contributed by atoms with Crippen LogP contribution in [0.1, 0.15) is 63.9 Å². The number of rotatable bonds is 9. The van der Waals surface area contributed by atoms with Crippen LogP contribution < -0.4 is 5.76 Å². The number of hydrogen-bond acceptors (Lipinski definition) is 4. The Morgan fingerprint density at radius 2 is 1.88 bits per heavy atom. The summed E-state index contributed by atoms with van der Waals surface area (Å²) in [5.41, 5.74) is 2.73. The third kappa shape index (κ3) is 5.46. The Hall–Kier alpha value is -2.05. The molecule has 1 saturated carbocycles. The van der Waals surface area contributed by atoms with E-state index in [2.05, 4.69) is 35.9 Å². The van der Waals surface area contributed by atoms with E-state index < -0.39 is 0 Å². The van der Waals surface area contributed by atoms with Gasteiger partial charge in [-0.05, 0) is 86.5 Å². The van der Waals surface area contributed by atoms with Crippen molar-refractivity contribution in [1.29, 1.82) is 0 Å². The largest absolute Gasteiger partial charge is 0.417 e. The smallest absolute Gasteiger partial charge is 0.408 e. The van der Waals surface area contributed by atoms with Crippen molar-refractivity contribution in [2.24, 2.45) is 0 Å². The average molecular weight is 457 g/mol. The summed E-state index contributed by atoms with van der Waals surface area (Å²) in [6.07, 6.45) is 7.08. The number of fused-ring (bicyclic) bond motifs is 1. The van der Waals surface area contributed by atoms with Crippen LogP contribution in [0.4, 0.5) is 4.39 Å². The minimum atomic E-state index is -0.389. The molecule has 0 spiro atoms. The van der Waals surface area contributed by atoms with Crippen LogP contribution in [0.2, 0.25) is 0 Å². The number of benzene rings is 2. The lowest BCUT2D eigenvalue weighted by atomic mass is 9.80. The topological polar surface area (TPSA) is 49.2 Å². The summed E-state index contributed by atoms with van der Waals surface area (Å²) in [7, 11) is 0. The Kier molecular flexibility index (Phi) is 7.74. The molecule has 0 bridgehead atoms. The number of nitrogens with zero attached hydrogens (tertiary/aromatic N) is 1. The van der Waals surface area contributed by atoms with Crippen molar-refractivity contribution in [2.75, 3.05) is 12.3 Å². The summed E-state index contributed by atoms with van der Waals surface area (Å²) in [6.45, 7) is 5.60. The molecule has 3 aromatic rings. The zero-order valence-electron chi connectivity index (χ0n) is 19.0. The highest BCUT2D eigenvalue weighted by Crippen LogP contribution is 2.37. The van der Waals surface area contributed by atoms with E-state index in [4.69, 9.17) is 4.42 Å². The zero-order valence-corrected chi connectivity index (χ0v) is 19.8. The van der Waals surface area contributed by atoms with Gasteiger partial charge < -0.3 is 4.42 Å². The van der Waals surface area contributed by atoms with Crippen LogP contribution in [-0.4, -0.2) is 34.3 Å². The molecular weight excluding hydrogens is 423 g/mol. The quantitative estimate of drug-likeness (QED) is 0.370. The minimum absolute atomic E-state index is 0.176. The third-order valence-electron chi connectivity index (χ3n) is 6.79. The van der Waals surface area contributed by atoms with Crippen molar-refractivity contribution < 1.29 is 8.81 Å². The molecule has 1 fully saturated rings. The van der Waals surface area contributed by atoms with Gasteiger partial charge in [-0.3, -0.25) is 9.88 Å². The molecule has 2 aromatic carbocycles. The van der Waals surface area contributed by atoms with Gasteiger partial charge in [0, 0.05) is 22.7 Å². The summed E-state index contributed by atoms with van der Waals surface area (Å²) in [5.74, 6) is 1.01. The first-order valence-corrected chi connectivity index (χ1v) is 12.8. The van der Waals surface area contributed by atoms with E-state index in [1.165, 1.54) is 44.1 Å². The summed E-state index contributed by atoms with van der Waals surface area (Å²) in [6, 6.07) is 14.1.